The molecule has 0 radical (unpaired) electrons. The van der Waals surface area contributed by atoms with Crippen LogP contribution in [0.5, 0.6) is 0 Å². The van der Waals surface area contributed by atoms with Crippen LogP contribution >= 0.6 is 0 Å². The average Bonchev–Trinajstić information content (AvgIpc) is 2.29. The number of hydrogen-bond donors (Lipinski definition) is 1. The summed E-state index contributed by atoms with van der Waals surface area (Å²) in [7, 11) is 0. The summed E-state index contributed by atoms with van der Waals surface area (Å²) in [6.07, 6.45) is 2.21. The van der Waals surface area contributed by atoms with E-state index in [9.17, 15) is 8.78 Å². The lowest BCUT2D eigenvalue weighted by Gasteiger charge is -2.23. The summed E-state index contributed by atoms with van der Waals surface area (Å²) >= 11 is 0. The van der Waals surface area contributed by atoms with Gasteiger partial charge in [0.05, 0.1) is 0 Å². The van der Waals surface area contributed by atoms with Gasteiger partial charge in [-0.2, -0.15) is 0 Å². The summed E-state index contributed by atoms with van der Waals surface area (Å²) in [6.45, 7) is 3.06. The highest BCUT2D eigenvalue weighted by Gasteiger charge is 2.21. The van der Waals surface area contributed by atoms with Crippen molar-refractivity contribution in [1.29, 1.82) is 0 Å². The van der Waals surface area contributed by atoms with E-state index in [0.717, 1.165) is 20.0 Å². The SMILES string of the molecule is CC(F)(F)Cc1ccc(C2CCCNC2)cc1. The maximum Gasteiger partial charge on any atom is 0.249 e. The van der Waals surface area contributed by atoms with Crippen LogP contribution in [0.1, 0.15) is 36.8 Å². The maximum absolute atomic E-state index is 12.9. The fraction of sp³-hybridized carbons (Fsp3) is 0.571. The molecule has 1 unspecified atom stereocenters. The van der Waals surface area contributed by atoms with Gasteiger partial charge in [0.2, 0.25) is 5.92 Å². The van der Waals surface area contributed by atoms with Crippen LogP contribution < -0.4 is 5.32 Å². The third-order valence-corrected chi connectivity index (χ3v) is 3.26. The number of piperidine rings is 1. The predicted molar refractivity (Wildman–Crippen MR) is 65.6 cm³/mol. The second kappa shape index (κ2) is 5.13. The van der Waals surface area contributed by atoms with Crippen molar-refractivity contribution in [1.82, 2.24) is 5.32 Å². The Morgan fingerprint density at radius 3 is 2.53 bits per heavy atom. The van der Waals surface area contributed by atoms with Crippen molar-refractivity contribution in [2.75, 3.05) is 13.1 Å². The van der Waals surface area contributed by atoms with Crippen LogP contribution in [-0.2, 0) is 6.42 Å². The minimum Gasteiger partial charge on any atom is -0.316 e. The first kappa shape index (κ1) is 12.5. The molecule has 1 aliphatic heterocycles. The molecule has 1 nitrogen and oxygen atoms in total. The van der Waals surface area contributed by atoms with Gasteiger partial charge in [0.15, 0.2) is 0 Å². The average molecular weight is 239 g/mol. The van der Waals surface area contributed by atoms with Crippen molar-refractivity contribution < 1.29 is 8.78 Å². The topological polar surface area (TPSA) is 12.0 Å². The Labute approximate surface area is 101 Å². The van der Waals surface area contributed by atoms with Gasteiger partial charge >= 0.3 is 0 Å². The minimum atomic E-state index is -2.62. The van der Waals surface area contributed by atoms with Gasteiger partial charge in [-0.1, -0.05) is 24.3 Å². The Balaban J connectivity index is 2.02. The second-order valence-corrected chi connectivity index (χ2v) is 5.03. The van der Waals surface area contributed by atoms with Crippen LogP contribution in [0, 0.1) is 0 Å². The quantitative estimate of drug-likeness (QED) is 0.853. The summed E-state index contributed by atoms with van der Waals surface area (Å²) in [5.41, 5.74) is 1.98. The van der Waals surface area contributed by atoms with Crippen molar-refractivity contribution >= 4 is 0 Å². The van der Waals surface area contributed by atoms with Gasteiger partial charge in [0.25, 0.3) is 0 Å². The molecule has 1 aromatic carbocycles. The van der Waals surface area contributed by atoms with E-state index in [1.54, 1.807) is 0 Å². The van der Waals surface area contributed by atoms with E-state index < -0.39 is 5.92 Å². The van der Waals surface area contributed by atoms with Crippen LogP contribution in [0.4, 0.5) is 8.78 Å². The molecule has 1 N–H and O–H groups in total. The Morgan fingerprint density at radius 1 is 1.29 bits per heavy atom. The third-order valence-electron chi connectivity index (χ3n) is 3.26. The van der Waals surface area contributed by atoms with E-state index in [4.69, 9.17) is 0 Å². The molecule has 0 saturated carbocycles. The van der Waals surface area contributed by atoms with Gasteiger partial charge in [0, 0.05) is 13.0 Å². The highest BCUT2D eigenvalue weighted by atomic mass is 19.3. The maximum atomic E-state index is 12.9. The van der Waals surface area contributed by atoms with E-state index in [2.05, 4.69) is 5.32 Å². The Hall–Kier alpha value is -0.960. The zero-order valence-corrected chi connectivity index (χ0v) is 10.2. The van der Waals surface area contributed by atoms with Crippen LogP contribution in [0.15, 0.2) is 24.3 Å². The van der Waals surface area contributed by atoms with Crippen LogP contribution in [0.25, 0.3) is 0 Å². The normalized spacial score (nSPS) is 21.5. The third kappa shape index (κ3) is 3.77. The molecule has 0 spiro atoms. The smallest absolute Gasteiger partial charge is 0.249 e. The van der Waals surface area contributed by atoms with Crippen LogP contribution in [0.2, 0.25) is 0 Å². The number of nitrogens with one attached hydrogen (secondary N) is 1. The monoisotopic (exact) mass is 239 g/mol. The Kier molecular flexibility index (Phi) is 3.77. The standard InChI is InChI=1S/C14H19F2N/c1-14(15,16)9-11-4-6-12(7-5-11)13-3-2-8-17-10-13/h4-7,13,17H,2-3,8-10H2,1H3. The molecular formula is C14H19F2N. The molecule has 2 rings (SSSR count). The zero-order chi connectivity index (χ0) is 12.3. The van der Waals surface area contributed by atoms with E-state index >= 15 is 0 Å². The largest absolute Gasteiger partial charge is 0.316 e. The molecule has 1 aliphatic rings. The van der Waals surface area contributed by atoms with Crippen molar-refractivity contribution in [3.8, 4) is 0 Å². The van der Waals surface area contributed by atoms with E-state index in [0.29, 0.717) is 11.5 Å². The van der Waals surface area contributed by atoms with Crippen molar-refractivity contribution in [2.24, 2.45) is 0 Å². The van der Waals surface area contributed by atoms with Crippen LogP contribution in [-0.4, -0.2) is 19.0 Å². The molecule has 0 amide bonds. The van der Waals surface area contributed by atoms with Gasteiger partial charge < -0.3 is 5.32 Å². The lowest BCUT2D eigenvalue weighted by Crippen LogP contribution is -2.28. The molecule has 1 saturated heterocycles. The molecular weight excluding hydrogens is 220 g/mol. The molecule has 3 heteroatoms. The lowest BCUT2D eigenvalue weighted by molar-refractivity contribution is 0.0226. The molecule has 0 aromatic heterocycles. The summed E-state index contributed by atoms with van der Waals surface area (Å²) in [6, 6.07) is 7.67. The van der Waals surface area contributed by atoms with Gasteiger partial charge in [-0.15, -0.1) is 0 Å². The van der Waals surface area contributed by atoms with Crippen molar-refractivity contribution in [3.63, 3.8) is 0 Å². The first-order valence-corrected chi connectivity index (χ1v) is 6.22. The van der Waals surface area contributed by atoms with E-state index in [1.807, 2.05) is 24.3 Å². The Bertz CT molecular complexity index is 347. The zero-order valence-electron chi connectivity index (χ0n) is 10.2. The van der Waals surface area contributed by atoms with Crippen molar-refractivity contribution in [3.05, 3.63) is 35.4 Å². The molecule has 94 valence electrons. The molecule has 1 aromatic rings. The van der Waals surface area contributed by atoms with Crippen LogP contribution in [0.3, 0.4) is 0 Å². The fourth-order valence-corrected chi connectivity index (χ4v) is 2.40. The summed E-state index contributed by atoms with van der Waals surface area (Å²) in [5, 5.41) is 3.37. The van der Waals surface area contributed by atoms with Gasteiger partial charge in [0.1, 0.15) is 0 Å². The highest BCUT2D eigenvalue weighted by molar-refractivity contribution is 5.26. The molecule has 0 bridgehead atoms. The molecule has 1 heterocycles. The Morgan fingerprint density at radius 2 is 2.00 bits per heavy atom. The number of rotatable bonds is 3. The molecule has 0 aliphatic carbocycles. The highest BCUT2D eigenvalue weighted by Crippen LogP contribution is 2.25. The fourth-order valence-electron chi connectivity index (χ4n) is 2.40. The lowest BCUT2D eigenvalue weighted by atomic mass is 9.91. The number of alkyl halides is 2. The molecule has 17 heavy (non-hydrogen) atoms. The summed E-state index contributed by atoms with van der Waals surface area (Å²) in [4.78, 5) is 0. The summed E-state index contributed by atoms with van der Waals surface area (Å²) in [5.74, 6) is -2.08. The molecule has 1 fully saturated rings. The minimum absolute atomic E-state index is 0.170. The van der Waals surface area contributed by atoms with Gasteiger partial charge in [-0.25, -0.2) is 8.78 Å². The van der Waals surface area contributed by atoms with Crippen molar-refractivity contribution in [2.45, 2.75) is 38.0 Å². The van der Waals surface area contributed by atoms with E-state index in [-0.39, 0.29) is 6.42 Å². The summed E-state index contributed by atoms with van der Waals surface area (Å²) < 4.78 is 25.7. The first-order valence-electron chi connectivity index (χ1n) is 6.22. The van der Waals surface area contributed by atoms with E-state index in [1.165, 1.54) is 18.4 Å². The molecule has 1 atom stereocenters. The number of hydrogen-bond acceptors (Lipinski definition) is 1. The van der Waals surface area contributed by atoms with Gasteiger partial charge in [-0.3, -0.25) is 0 Å². The van der Waals surface area contributed by atoms with Gasteiger partial charge in [-0.05, 0) is 43.4 Å². The predicted octanol–water partition coefficient (Wildman–Crippen LogP) is 3.35. The first-order chi connectivity index (χ1) is 8.04. The number of halogens is 2. The number of benzene rings is 1. The second-order valence-electron chi connectivity index (χ2n) is 5.03.